The monoisotopic (exact) mass is 303 g/mol. The Morgan fingerprint density at radius 1 is 1.00 bits per heavy atom. The first-order valence-corrected chi connectivity index (χ1v) is 8.75. The molecule has 0 amide bonds. The fourth-order valence-electron chi connectivity index (χ4n) is 1.99. The van der Waals surface area contributed by atoms with Crippen LogP contribution in [0, 0.1) is 0 Å². The molecule has 0 radical (unpaired) electrons. The van der Waals surface area contributed by atoms with E-state index in [2.05, 4.69) is 4.98 Å². The molecular weight excluding hydrogens is 282 g/mol. The average Bonchev–Trinajstić information content (AvgIpc) is 2.53. The van der Waals surface area contributed by atoms with Crippen molar-refractivity contribution in [3.63, 3.8) is 0 Å². The van der Waals surface area contributed by atoms with Gasteiger partial charge in [0, 0.05) is 28.9 Å². The lowest BCUT2D eigenvalue weighted by molar-refractivity contribution is 0.306. The number of ether oxygens (including phenoxy) is 1. The van der Waals surface area contributed by atoms with Gasteiger partial charge in [0.1, 0.15) is 5.75 Å². The summed E-state index contributed by atoms with van der Waals surface area (Å²) in [7, 11) is -0.793. The second-order valence-corrected chi connectivity index (χ2v) is 6.45. The third kappa shape index (κ3) is 6.54. The van der Waals surface area contributed by atoms with E-state index in [1.165, 1.54) is 0 Å². The van der Waals surface area contributed by atoms with Crippen LogP contribution in [0.15, 0.2) is 54.9 Å². The summed E-state index contributed by atoms with van der Waals surface area (Å²) >= 11 is 0. The lowest BCUT2D eigenvalue weighted by atomic mass is 10.3. The highest BCUT2D eigenvalue weighted by atomic mass is 32.2. The summed E-state index contributed by atoms with van der Waals surface area (Å²) in [4.78, 5) is 4.04. The van der Waals surface area contributed by atoms with Gasteiger partial charge in [0.2, 0.25) is 0 Å². The van der Waals surface area contributed by atoms with E-state index in [0.717, 1.165) is 42.9 Å². The Labute approximate surface area is 128 Å². The predicted octanol–water partition coefficient (Wildman–Crippen LogP) is 3.58. The Morgan fingerprint density at radius 2 is 1.86 bits per heavy atom. The molecule has 0 fully saturated rings. The minimum absolute atomic E-state index is 0.606. The van der Waals surface area contributed by atoms with Gasteiger partial charge < -0.3 is 4.74 Å². The number of pyridine rings is 1. The SMILES string of the molecule is O=S(CCCCCOc1ccccc1)Cc1cccnc1. The van der Waals surface area contributed by atoms with Gasteiger partial charge >= 0.3 is 0 Å². The molecule has 0 N–H and O–H groups in total. The molecule has 112 valence electrons. The van der Waals surface area contributed by atoms with Crippen molar-refractivity contribution in [1.29, 1.82) is 0 Å². The van der Waals surface area contributed by atoms with E-state index >= 15 is 0 Å². The van der Waals surface area contributed by atoms with E-state index in [-0.39, 0.29) is 0 Å². The molecule has 1 atom stereocenters. The Hall–Kier alpha value is -1.68. The summed E-state index contributed by atoms with van der Waals surface area (Å²) in [5, 5.41) is 0. The lowest BCUT2D eigenvalue weighted by Crippen LogP contribution is -2.03. The maximum Gasteiger partial charge on any atom is 0.119 e. The number of rotatable bonds is 9. The molecule has 3 nitrogen and oxygen atoms in total. The Morgan fingerprint density at radius 3 is 2.62 bits per heavy atom. The summed E-state index contributed by atoms with van der Waals surface area (Å²) in [6.45, 7) is 0.721. The van der Waals surface area contributed by atoms with E-state index in [9.17, 15) is 4.21 Å². The van der Waals surface area contributed by atoms with Gasteiger partial charge in [-0.15, -0.1) is 0 Å². The van der Waals surface area contributed by atoms with Gasteiger partial charge in [-0.05, 0) is 43.0 Å². The maximum atomic E-state index is 11.9. The number of benzene rings is 1. The minimum atomic E-state index is -0.793. The molecule has 21 heavy (non-hydrogen) atoms. The molecule has 0 aliphatic heterocycles. The third-order valence-corrected chi connectivity index (χ3v) is 4.48. The van der Waals surface area contributed by atoms with Crippen molar-refractivity contribution in [2.75, 3.05) is 12.4 Å². The molecule has 4 heteroatoms. The zero-order chi connectivity index (χ0) is 14.8. The van der Waals surface area contributed by atoms with Gasteiger partial charge in [0.15, 0.2) is 0 Å². The summed E-state index contributed by atoms with van der Waals surface area (Å²) in [5.41, 5.74) is 1.04. The quantitative estimate of drug-likeness (QED) is 0.665. The van der Waals surface area contributed by atoms with Crippen LogP contribution in [-0.4, -0.2) is 21.6 Å². The van der Waals surface area contributed by atoms with Crippen molar-refractivity contribution in [2.24, 2.45) is 0 Å². The molecule has 0 bridgehead atoms. The van der Waals surface area contributed by atoms with E-state index in [1.54, 1.807) is 12.4 Å². The summed E-state index contributed by atoms with van der Waals surface area (Å²) in [5.74, 6) is 2.27. The number of unbranched alkanes of at least 4 members (excludes halogenated alkanes) is 2. The van der Waals surface area contributed by atoms with Gasteiger partial charge in [-0.1, -0.05) is 24.3 Å². The molecule has 1 unspecified atom stereocenters. The number of hydrogen-bond acceptors (Lipinski definition) is 3. The topological polar surface area (TPSA) is 39.2 Å². The zero-order valence-electron chi connectivity index (χ0n) is 12.1. The lowest BCUT2D eigenvalue weighted by Gasteiger charge is -2.06. The summed E-state index contributed by atoms with van der Waals surface area (Å²) in [6, 6.07) is 13.7. The van der Waals surface area contributed by atoms with Crippen LogP contribution in [-0.2, 0) is 16.6 Å². The molecule has 2 rings (SSSR count). The Balaban J connectivity index is 1.52. The number of para-hydroxylation sites is 1. The molecule has 0 spiro atoms. The first kappa shape index (κ1) is 15.7. The molecule has 1 aromatic heterocycles. The van der Waals surface area contributed by atoms with Crippen LogP contribution in [0.5, 0.6) is 5.75 Å². The van der Waals surface area contributed by atoms with Crippen LogP contribution < -0.4 is 4.74 Å². The minimum Gasteiger partial charge on any atom is -0.494 e. The van der Waals surface area contributed by atoms with Crippen LogP contribution in [0.1, 0.15) is 24.8 Å². The van der Waals surface area contributed by atoms with Crippen LogP contribution in [0.2, 0.25) is 0 Å². The highest BCUT2D eigenvalue weighted by Gasteiger charge is 2.02. The highest BCUT2D eigenvalue weighted by Crippen LogP contribution is 2.09. The Bertz CT molecular complexity index is 531. The van der Waals surface area contributed by atoms with Crippen molar-refractivity contribution >= 4 is 10.8 Å². The fraction of sp³-hybridized carbons (Fsp3) is 0.353. The smallest absolute Gasteiger partial charge is 0.119 e. The largest absolute Gasteiger partial charge is 0.494 e. The second kappa shape index (κ2) is 9.29. The van der Waals surface area contributed by atoms with Crippen LogP contribution in [0.3, 0.4) is 0 Å². The molecule has 2 aromatic rings. The Kier molecular flexibility index (Phi) is 6.95. The van der Waals surface area contributed by atoms with Crippen molar-refractivity contribution in [3.05, 3.63) is 60.4 Å². The highest BCUT2D eigenvalue weighted by molar-refractivity contribution is 7.84. The predicted molar refractivity (Wildman–Crippen MR) is 86.7 cm³/mol. The van der Waals surface area contributed by atoms with Crippen molar-refractivity contribution in [3.8, 4) is 5.75 Å². The van der Waals surface area contributed by atoms with Gasteiger partial charge in [-0.3, -0.25) is 9.19 Å². The van der Waals surface area contributed by atoms with Crippen LogP contribution in [0.4, 0.5) is 0 Å². The van der Waals surface area contributed by atoms with Crippen molar-refractivity contribution in [1.82, 2.24) is 4.98 Å². The van der Waals surface area contributed by atoms with Crippen molar-refractivity contribution in [2.45, 2.75) is 25.0 Å². The van der Waals surface area contributed by atoms with Gasteiger partial charge in [-0.25, -0.2) is 0 Å². The molecule has 1 aromatic carbocycles. The molecular formula is C17H21NO2S. The maximum absolute atomic E-state index is 11.9. The average molecular weight is 303 g/mol. The van der Waals surface area contributed by atoms with Crippen LogP contribution >= 0.6 is 0 Å². The van der Waals surface area contributed by atoms with Gasteiger partial charge in [-0.2, -0.15) is 0 Å². The van der Waals surface area contributed by atoms with E-state index in [1.807, 2.05) is 42.5 Å². The normalized spacial score (nSPS) is 12.0. The van der Waals surface area contributed by atoms with E-state index in [4.69, 9.17) is 4.74 Å². The van der Waals surface area contributed by atoms with E-state index in [0.29, 0.717) is 5.75 Å². The molecule has 0 saturated heterocycles. The molecule has 0 saturated carbocycles. The molecule has 1 heterocycles. The summed E-state index contributed by atoms with van der Waals surface area (Å²) < 4.78 is 17.5. The van der Waals surface area contributed by atoms with E-state index < -0.39 is 10.8 Å². The zero-order valence-corrected chi connectivity index (χ0v) is 12.9. The van der Waals surface area contributed by atoms with Gasteiger partial charge in [0.05, 0.1) is 12.4 Å². The fourth-order valence-corrected chi connectivity index (χ4v) is 3.20. The van der Waals surface area contributed by atoms with Gasteiger partial charge in [0.25, 0.3) is 0 Å². The second-order valence-electron chi connectivity index (χ2n) is 4.87. The molecule has 0 aliphatic rings. The number of hydrogen-bond donors (Lipinski definition) is 0. The standard InChI is InChI=1S/C17H21NO2S/c19-21(15-16-8-7-11-18-14-16)13-6-2-5-12-20-17-9-3-1-4-10-17/h1,3-4,7-11,14H,2,5-6,12-13,15H2. The molecule has 0 aliphatic carbocycles. The summed E-state index contributed by atoms with van der Waals surface area (Å²) in [6.07, 6.45) is 6.54. The third-order valence-electron chi connectivity index (χ3n) is 3.08. The van der Waals surface area contributed by atoms with Crippen molar-refractivity contribution < 1.29 is 8.95 Å². The first-order valence-electron chi connectivity index (χ1n) is 7.26. The number of nitrogens with zero attached hydrogens (tertiary/aromatic N) is 1. The van der Waals surface area contributed by atoms with Crippen LogP contribution in [0.25, 0.3) is 0 Å². The first-order chi connectivity index (χ1) is 10.3. The number of aromatic nitrogens is 1.